The number of carbonyl (C=O) groups is 1. The zero-order valence-corrected chi connectivity index (χ0v) is 13.6. The highest BCUT2D eigenvalue weighted by Gasteiger charge is 2.14. The standard InChI is InChI=1S/C18H15N3O2S/c22-15(21-23)11-12-24-18-19-16(13-7-3-1-4-8-13)17(20-18)14-9-5-2-6-10-14/h1-10H,11-12H2,(H,19,20). The van der Waals surface area contributed by atoms with E-state index in [1.54, 1.807) is 0 Å². The van der Waals surface area contributed by atoms with Crippen LogP contribution >= 0.6 is 11.8 Å². The van der Waals surface area contributed by atoms with Crippen molar-refractivity contribution in [1.82, 2.24) is 9.97 Å². The van der Waals surface area contributed by atoms with Gasteiger partial charge in [-0.25, -0.2) is 4.98 Å². The number of imidazole rings is 1. The van der Waals surface area contributed by atoms with Crippen molar-refractivity contribution >= 4 is 17.7 Å². The van der Waals surface area contributed by atoms with Gasteiger partial charge in [-0.15, -0.1) is 4.91 Å². The minimum absolute atomic E-state index is 0.107. The SMILES string of the molecule is O=NC(=O)CCSc1nc(-c2ccccc2)c(-c2ccccc2)[nH]1. The Morgan fingerprint density at radius 1 is 1.00 bits per heavy atom. The third kappa shape index (κ3) is 3.78. The summed E-state index contributed by atoms with van der Waals surface area (Å²) in [6.45, 7) is 0. The molecule has 0 bridgehead atoms. The van der Waals surface area contributed by atoms with Gasteiger partial charge in [-0.05, 0) is 0 Å². The van der Waals surface area contributed by atoms with E-state index >= 15 is 0 Å². The lowest BCUT2D eigenvalue weighted by Gasteiger charge is -2.02. The summed E-state index contributed by atoms with van der Waals surface area (Å²) in [5.41, 5.74) is 3.86. The number of H-pyrrole nitrogens is 1. The minimum atomic E-state index is -0.638. The molecule has 120 valence electrons. The van der Waals surface area contributed by atoms with E-state index < -0.39 is 5.91 Å². The molecule has 0 saturated heterocycles. The van der Waals surface area contributed by atoms with Crippen LogP contribution in [-0.4, -0.2) is 21.6 Å². The molecule has 6 heteroatoms. The number of thioether (sulfide) groups is 1. The van der Waals surface area contributed by atoms with Crippen LogP contribution in [0.5, 0.6) is 0 Å². The molecule has 0 unspecified atom stereocenters. The predicted molar refractivity (Wildman–Crippen MR) is 95.6 cm³/mol. The number of aromatic amines is 1. The smallest absolute Gasteiger partial charge is 0.287 e. The molecule has 0 spiro atoms. The first kappa shape index (κ1) is 16.1. The Hall–Kier alpha value is -2.73. The maximum Gasteiger partial charge on any atom is 0.287 e. The second kappa shape index (κ2) is 7.70. The van der Waals surface area contributed by atoms with Gasteiger partial charge < -0.3 is 4.98 Å². The third-order valence-corrected chi connectivity index (χ3v) is 4.32. The van der Waals surface area contributed by atoms with Gasteiger partial charge in [-0.2, -0.15) is 0 Å². The highest BCUT2D eigenvalue weighted by Crippen LogP contribution is 2.32. The summed E-state index contributed by atoms with van der Waals surface area (Å²) in [6.07, 6.45) is 0.107. The normalized spacial score (nSPS) is 10.5. The first-order valence-electron chi connectivity index (χ1n) is 7.48. The molecule has 0 aliphatic carbocycles. The van der Waals surface area contributed by atoms with Gasteiger partial charge in [0.05, 0.1) is 11.4 Å². The first-order valence-corrected chi connectivity index (χ1v) is 8.46. The molecule has 1 amide bonds. The zero-order chi connectivity index (χ0) is 16.8. The van der Waals surface area contributed by atoms with Crippen molar-refractivity contribution in [1.29, 1.82) is 0 Å². The molecule has 0 aliphatic heterocycles. The Labute approximate surface area is 143 Å². The van der Waals surface area contributed by atoms with E-state index in [1.807, 2.05) is 60.7 Å². The third-order valence-electron chi connectivity index (χ3n) is 3.45. The number of hydrogen-bond acceptors (Lipinski definition) is 4. The summed E-state index contributed by atoms with van der Waals surface area (Å²) < 4.78 is 0. The molecule has 3 aromatic rings. The van der Waals surface area contributed by atoms with Crippen LogP contribution in [0.3, 0.4) is 0 Å². The second-order valence-corrected chi connectivity index (χ2v) is 6.16. The summed E-state index contributed by atoms with van der Waals surface area (Å²) in [5.74, 6) is -0.179. The van der Waals surface area contributed by atoms with Gasteiger partial charge >= 0.3 is 0 Å². The van der Waals surface area contributed by atoms with E-state index in [4.69, 9.17) is 0 Å². The van der Waals surface area contributed by atoms with Crippen LogP contribution in [0.15, 0.2) is 71.0 Å². The average molecular weight is 337 g/mol. The number of nitroso groups, excluding NO2 is 1. The lowest BCUT2D eigenvalue weighted by atomic mass is 10.1. The fourth-order valence-corrected chi connectivity index (χ4v) is 3.12. The largest absolute Gasteiger partial charge is 0.332 e. The number of benzene rings is 2. The molecule has 24 heavy (non-hydrogen) atoms. The fraction of sp³-hybridized carbons (Fsp3) is 0.111. The number of rotatable bonds is 6. The van der Waals surface area contributed by atoms with Crippen LogP contribution in [0.25, 0.3) is 22.5 Å². The van der Waals surface area contributed by atoms with E-state index in [1.165, 1.54) is 11.8 Å². The lowest BCUT2D eigenvalue weighted by molar-refractivity contribution is -0.117. The van der Waals surface area contributed by atoms with Crippen LogP contribution in [0.2, 0.25) is 0 Å². The molecule has 0 radical (unpaired) electrons. The number of hydrogen-bond donors (Lipinski definition) is 1. The number of nitrogens with one attached hydrogen (secondary N) is 1. The second-order valence-electron chi connectivity index (χ2n) is 5.08. The molecule has 0 saturated carbocycles. The van der Waals surface area contributed by atoms with Crippen LogP contribution < -0.4 is 0 Å². The van der Waals surface area contributed by atoms with Gasteiger partial charge in [0.2, 0.25) is 0 Å². The Kier molecular flexibility index (Phi) is 5.18. The molecule has 5 nitrogen and oxygen atoms in total. The molecule has 3 rings (SSSR count). The molecule has 2 aromatic carbocycles. The molecule has 1 aromatic heterocycles. The summed E-state index contributed by atoms with van der Waals surface area (Å²) in [7, 11) is 0. The van der Waals surface area contributed by atoms with Crippen molar-refractivity contribution in [2.24, 2.45) is 5.18 Å². The molecule has 0 atom stereocenters. The maximum absolute atomic E-state index is 11.0. The number of nitrogens with zero attached hydrogens (tertiary/aromatic N) is 2. The Morgan fingerprint density at radius 3 is 2.25 bits per heavy atom. The molecular weight excluding hydrogens is 322 g/mol. The van der Waals surface area contributed by atoms with Crippen LogP contribution in [-0.2, 0) is 4.79 Å². The van der Waals surface area contributed by atoms with Crippen molar-refractivity contribution in [3.63, 3.8) is 0 Å². The highest BCUT2D eigenvalue weighted by molar-refractivity contribution is 7.99. The predicted octanol–water partition coefficient (Wildman–Crippen LogP) is 4.52. The van der Waals surface area contributed by atoms with Gasteiger partial charge in [0.25, 0.3) is 5.91 Å². The van der Waals surface area contributed by atoms with Crippen molar-refractivity contribution in [3.05, 3.63) is 65.6 Å². The number of aromatic nitrogens is 2. The van der Waals surface area contributed by atoms with E-state index in [0.29, 0.717) is 10.9 Å². The lowest BCUT2D eigenvalue weighted by Crippen LogP contribution is -1.93. The van der Waals surface area contributed by atoms with Gasteiger partial charge in [-0.1, -0.05) is 72.4 Å². The molecule has 1 heterocycles. The van der Waals surface area contributed by atoms with Gasteiger partial charge in [0.15, 0.2) is 5.16 Å². The van der Waals surface area contributed by atoms with Gasteiger partial charge in [0.1, 0.15) is 0 Å². The fourth-order valence-electron chi connectivity index (χ4n) is 2.32. The van der Waals surface area contributed by atoms with Crippen molar-refractivity contribution in [3.8, 4) is 22.5 Å². The summed E-state index contributed by atoms with van der Waals surface area (Å²) in [6, 6.07) is 19.9. The Bertz CT molecular complexity index is 775. The summed E-state index contributed by atoms with van der Waals surface area (Å²) in [5, 5.41) is 3.12. The molecule has 0 fully saturated rings. The number of amides is 1. The van der Waals surface area contributed by atoms with Crippen molar-refractivity contribution in [2.75, 3.05) is 5.75 Å². The van der Waals surface area contributed by atoms with Crippen LogP contribution in [0.4, 0.5) is 0 Å². The Balaban J connectivity index is 1.91. The quantitative estimate of drug-likeness (QED) is 0.530. The maximum atomic E-state index is 11.0. The molecular formula is C18H15N3O2S. The molecule has 1 N–H and O–H groups in total. The van der Waals surface area contributed by atoms with E-state index in [9.17, 15) is 9.70 Å². The summed E-state index contributed by atoms with van der Waals surface area (Å²) >= 11 is 1.40. The van der Waals surface area contributed by atoms with Crippen molar-refractivity contribution < 1.29 is 4.79 Å². The van der Waals surface area contributed by atoms with Gasteiger partial charge in [-0.3, -0.25) is 4.79 Å². The Morgan fingerprint density at radius 2 is 1.62 bits per heavy atom. The van der Waals surface area contributed by atoms with Crippen LogP contribution in [0, 0.1) is 4.91 Å². The molecule has 0 aliphatic rings. The minimum Gasteiger partial charge on any atom is -0.332 e. The summed E-state index contributed by atoms with van der Waals surface area (Å²) in [4.78, 5) is 29.1. The monoisotopic (exact) mass is 337 g/mol. The number of carbonyl (C=O) groups excluding carboxylic acids is 1. The van der Waals surface area contributed by atoms with Gasteiger partial charge in [0, 0.05) is 28.5 Å². The topological polar surface area (TPSA) is 75.2 Å². The average Bonchev–Trinajstić information content (AvgIpc) is 3.07. The van der Waals surface area contributed by atoms with Crippen LogP contribution in [0.1, 0.15) is 6.42 Å². The van der Waals surface area contributed by atoms with E-state index in [0.717, 1.165) is 22.5 Å². The van der Waals surface area contributed by atoms with E-state index in [-0.39, 0.29) is 6.42 Å². The van der Waals surface area contributed by atoms with E-state index in [2.05, 4.69) is 15.1 Å². The zero-order valence-electron chi connectivity index (χ0n) is 12.8. The highest BCUT2D eigenvalue weighted by atomic mass is 32.2. The first-order chi connectivity index (χ1) is 11.8. The van der Waals surface area contributed by atoms with Crippen molar-refractivity contribution in [2.45, 2.75) is 11.6 Å².